The van der Waals surface area contributed by atoms with Crippen molar-refractivity contribution in [2.45, 2.75) is 12.7 Å². The summed E-state index contributed by atoms with van der Waals surface area (Å²) in [6.45, 7) is 1.86. The molecule has 2 aromatic carbocycles. The number of carbonyl (C=O) groups excluding carboxylic acids is 1. The average molecular weight is 388 g/mol. The Labute approximate surface area is 150 Å². The van der Waals surface area contributed by atoms with Crippen LogP contribution in [0.1, 0.15) is 22.8 Å². The minimum atomic E-state index is -3.68. The number of sulfonamides is 1. The summed E-state index contributed by atoms with van der Waals surface area (Å²) in [4.78, 5) is 11.8. The Morgan fingerprint density at radius 2 is 1.92 bits per heavy atom. The van der Waals surface area contributed by atoms with Crippen LogP contribution in [-0.4, -0.2) is 21.0 Å². The molecule has 0 spiro atoms. The molecule has 2 rings (SSSR count). The third-order valence-electron chi connectivity index (χ3n) is 2.98. The van der Waals surface area contributed by atoms with Crippen molar-refractivity contribution in [3.8, 4) is 0 Å². The van der Waals surface area contributed by atoms with Crippen LogP contribution in [0.15, 0.2) is 42.5 Å². The third-order valence-corrected chi connectivity index (χ3v) is 4.81. The van der Waals surface area contributed by atoms with Gasteiger partial charge in [-0.2, -0.15) is 0 Å². The SMILES string of the molecule is CCOC(=O)c1cc(NS(=O)(=O)Cc2cccc(Cl)c2)ccc1Cl. The zero-order valence-electron chi connectivity index (χ0n) is 12.8. The van der Waals surface area contributed by atoms with E-state index in [9.17, 15) is 13.2 Å². The van der Waals surface area contributed by atoms with Gasteiger partial charge in [0.2, 0.25) is 10.0 Å². The number of halogens is 2. The van der Waals surface area contributed by atoms with Gasteiger partial charge in [-0.3, -0.25) is 4.72 Å². The van der Waals surface area contributed by atoms with E-state index in [-0.39, 0.29) is 28.6 Å². The molecule has 0 fully saturated rings. The molecule has 0 aliphatic heterocycles. The lowest BCUT2D eigenvalue weighted by Gasteiger charge is -2.11. The highest BCUT2D eigenvalue weighted by Crippen LogP contribution is 2.23. The molecule has 0 aliphatic rings. The molecule has 5 nitrogen and oxygen atoms in total. The van der Waals surface area contributed by atoms with Gasteiger partial charge in [-0.25, -0.2) is 13.2 Å². The molecule has 0 radical (unpaired) electrons. The molecule has 0 amide bonds. The van der Waals surface area contributed by atoms with E-state index in [2.05, 4.69) is 4.72 Å². The van der Waals surface area contributed by atoms with Crippen LogP contribution in [0.3, 0.4) is 0 Å². The number of hydrogen-bond donors (Lipinski definition) is 1. The average Bonchev–Trinajstić information content (AvgIpc) is 2.48. The number of hydrogen-bond acceptors (Lipinski definition) is 4. The maximum Gasteiger partial charge on any atom is 0.339 e. The highest BCUT2D eigenvalue weighted by molar-refractivity contribution is 7.91. The lowest BCUT2D eigenvalue weighted by molar-refractivity contribution is 0.0526. The number of esters is 1. The number of benzene rings is 2. The fourth-order valence-electron chi connectivity index (χ4n) is 2.02. The highest BCUT2D eigenvalue weighted by atomic mass is 35.5. The summed E-state index contributed by atoms with van der Waals surface area (Å²) >= 11 is 11.8. The smallest absolute Gasteiger partial charge is 0.339 e. The van der Waals surface area contributed by atoms with Crippen LogP contribution < -0.4 is 4.72 Å². The van der Waals surface area contributed by atoms with Crippen molar-refractivity contribution in [1.82, 2.24) is 0 Å². The molecule has 2 aromatic rings. The normalized spacial score (nSPS) is 11.1. The third kappa shape index (κ3) is 5.12. The largest absolute Gasteiger partial charge is 0.462 e. The van der Waals surface area contributed by atoms with Gasteiger partial charge in [0.15, 0.2) is 0 Å². The van der Waals surface area contributed by atoms with Crippen molar-refractivity contribution in [3.63, 3.8) is 0 Å². The molecule has 8 heteroatoms. The van der Waals surface area contributed by atoms with Crippen molar-refractivity contribution in [2.24, 2.45) is 0 Å². The quantitative estimate of drug-likeness (QED) is 0.756. The number of carbonyl (C=O) groups is 1. The summed E-state index contributed by atoms with van der Waals surface area (Å²) in [6, 6.07) is 10.8. The van der Waals surface area contributed by atoms with E-state index in [1.807, 2.05) is 0 Å². The predicted molar refractivity (Wildman–Crippen MR) is 95.1 cm³/mol. The van der Waals surface area contributed by atoms with Crippen molar-refractivity contribution in [3.05, 3.63) is 63.6 Å². The summed E-state index contributed by atoms with van der Waals surface area (Å²) in [5.41, 5.74) is 0.875. The maximum atomic E-state index is 12.3. The molecule has 0 unspecified atom stereocenters. The Morgan fingerprint density at radius 1 is 1.17 bits per heavy atom. The topological polar surface area (TPSA) is 72.5 Å². The van der Waals surface area contributed by atoms with Gasteiger partial charge in [0.1, 0.15) is 0 Å². The molecule has 1 N–H and O–H groups in total. The van der Waals surface area contributed by atoms with Crippen LogP contribution in [0.25, 0.3) is 0 Å². The Bertz CT molecular complexity index is 853. The van der Waals surface area contributed by atoms with Gasteiger partial charge in [-0.05, 0) is 42.8 Å². The minimum Gasteiger partial charge on any atom is -0.462 e. The molecule has 24 heavy (non-hydrogen) atoms. The van der Waals surface area contributed by atoms with E-state index in [4.69, 9.17) is 27.9 Å². The van der Waals surface area contributed by atoms with Crippen molar-refractivity contribution >= 4 is 44.9 Å². The summed E-state index contributed by atoms with van der Waals surface area (Å²) in [5.74, 6) is -0.858. The molecule has 0 aromatic heterocycles. The molecular weight excluding hydrogens is 373 g/mol. The predicted octanol–water partition coefficient (Wildman–Crippen LogP) is 4.11. The van der Waals surface area contributed by atoms with Crippen LogP contribution in [0.2, 0.25) is 10.0 Å². The number of ether oxygens (including phenoxy) is 1. The summed E-state index contributed by atoms with van der Waals surface area (Å²) < 4.78 is 31.8. The van der Waals surface area contributed by atoms with E-state index < -0.39 is 16.0 Å². The van der Waals surface area contributed by atoms with Crippen LogP contribution in [0.5, 0.6) is 0 Å². The number of rotatable bonds is 6. The first kappa shape index (κ1) is 18.6. The van der Waals surface area contributed by atoms with E-state index >= 15 is 0 Å². The maximum absolute atomic E-state index is 12.3. The van der Waals surface area contributed by atoms with Gasteiger partial charge >= 0.3 is 5.97 Å². The molecule has 0 saturated carbocycles. The minimum absolute atomic E-state index is 0.0986. The Kier molecular flexibility index (Phi) is 6.10. The van der Waals surface area contributed by atoms with Gasteiger partial charge in [-0.1, -0.05) is 35.3 Å². The van der Waals surface area contributed by atoms with Crippen molar-refractivity contribution < 1.29 is 17.9 Å². The van der Waals surface area contributed by atoms with Gasteiger partial charge in [0.25, 0.3) is 0 Å². The van der Waals surface area contributed by atoms with Gasteiger partial charge in [-0.15, -0.1) is 0 Å². The highest BCUT2D eigenvalue weighted by Gasteiger charge is 2.16. The van der Waals surface area contributed by atoms with Gasteiger partial charge in [0, 0.05) is 10.7 Å². The molecule has 0 aliphatic carbocycles. The van der Waals surface area contributed by atoms with Crippen LogP contribution in [0, 0.1) is 0 Å². The van der Waals surface area contributed by atoms with Crippen molar-refractivity contribution in [1.29, 1.82) is 0 Å². The molecule has 0 bridgehead atoms. The fraction of sp³-hybridized carbons (Fsp3) is 0.188. The zero-order valence-corrected chi connectivity index (χ0v) is 15.1. The Morgan fingerprint density at radius 3 is 2.58 bits per heavy atom. The molecule has 0 atom stereocenters. The van der Waals surface area contributed by atoms with E-state index in [0.717, 1.165) is 0 Å². The zero-order chi connectivity index (χ0) is 17.7. The first-order chi connectivity index (χ1) is 11.3. The lowest BCUT2D eigenvalue weighted by Crippen LogP contribution is -2.15. The second-order valence-corrected chi connectivity index (χ2v) is 7.47. The van der Waals surface area contributed by atoms with Crippen molar-refractivity contribution in [2.75, 3.05) is 11.3 Å². The Hall–Kier alpha value is -1.76. The molecule has 0 saturated heterocycles. The summed E-state index contributed by atoms with van der Waals surface area (Å²) in [7, 11) is -3.68. The van der Waals surface area contributed by atoms with Crippen LogP contribution >= 0.6 is 23.2 Å². The van der Waals surface area contributed by atoms with Gasteiger partial charge in [0.05, 0.1) is 22.9 Å². The standard InChI is InChI=1S/C16H15Cl2NO4S/c1-2-23-16(20)14-9-13(6-7-15(14)18)19-24(21,22)10-11-4-3-5-12(17)8-11/h3-9,19H,2,10H2,1H3. The summed E-state index contributed by atoms with van der Waals surface area (Å²) in [5, 5.41) is 0.644. The second kappa shape index (κ2) is 7.88. The first-order valence-electron chi connectivity index (χ1n) is 7.02. The van der Waals surface area contributed by atoms with E-state index in [1.165, 1.54) is 18.2 Å². The Balaban J connectivity index is 2.20. The fourth-order valence-corrected chi connectivity index (χ4v) is 3.60. The second-order valence-electron chi connectivity index (χ2n) is 4.91. The molecule has 128 valence electrons. The monoisotopic (exact) mass is 387 g/mol. The van der Waals surface area contributed by atoms with E-state index in [1.54, 1.807) is 31.2 Å². The number of anilines is 1. The first-order valence-corrected chi connectivity index (χ1v) is 9.43. The van der Waals surface area contributed by atoms with Crippen LogP contribution in [0.4, 0.5) is 5.69 Å². The number of nitrogens with one attached hydrogen (secondary N) is 1. The molecule has 0 heterocycles. The summed E-state index contributed by atoms with van der Waals surface area (Å²) in [6.07, 6.45) is 0. The van der Waals surface area contributed by atoms with Crippen LogP contribution in [-0.2, 0) is 20.5 Å². The van der Waals surface area contributed by atoms with E-state index in [0.29, 0.717) is 10.6 Å². The molecular formula is C16H15Cl2NO4S. The van der Waals surface area contributed by atoms with Gasteiger partial charge < -0.3 is 4.74 Å². The lowest BCUT2D eigenvalue weighted by atomic mass is 10.2.